The summed E-state index contributed by atoms with van der Waals surface area (Å²) in [4.78, 5) is 0. The Bertz CT molecular complexity index is 106. The van der Waals surface area contributed by atoms with E-state index in [9.17, 15) is 0 Å². The van der Waals surface area contributed by atoms with Gasteiger partial charge in [0, 0.05) is 10.7 Å². The molecule has 0 rings (SSSR count). The third kappa shape index (κ3) is 10.8. The van der Waals surface area contributed by atoms with Crippen LogP contribution in [0.2, 0.25) is 0 Å². The first-order valence-corrected chi connectivity index (χ1v) is 7.36. The Hall–Kier alpha value is 0.770. The molecule has 0 N–H and O–H groups in total. The van der Waals surface area contributed by atoms with Crippen LogP contribution in [-0.2, 0) is 0 Å². The van der Waals surface area contributed by atoms with E-state index in [-0.39, 0.29) is 0 Å². The monoisotopic (exact) mass is 281 g/mol. The van der Waals surface area contributed by atoms with Gasteiger partial charge < -0.3 is 0 Å². The zero-order chi connectivity index (χ0) is 10.6. The number of alkyl halides is 2. The lowest BCUT2D eigenvalue weighted by molar-refractivity contribution is 0.573. The maximum atomic E-state index is 6.20. The highest BCUT2D eigenvalue weighted by Crippen LogP contribution is 2.16. The van der Waals surface area contributed by atoms with Crippen molar-refractivity contribution in [2.24, 2.45) is 0 Å². The van der Waals surface area contributed by atoms with Crippen molar-refractivity contribution in [2.45, 2.75) is 63.2 Å². The molecule has 0 aliphatic heterocycles. The van der Waals surface area contributed by atoms with Gasteiger partial charge in [0.2, 0.25) is 0 Å². The first-order chi connectivity index (χ1) is 6.81. The van der Waals surface area contributed by atoms with Crippen LogP contribution in [0.4, 0.5) is 0 Å². The van der Waals surface area contributed by atoms with Crippen LogP contribution < -0.4 is 0 Å². The summed E-state index contributed by atoms with van der Waals surface area (Å²) in [5, 5.41) is 1.55. The SMILES string of the molecule is [CH2]CCCCC(Cl)CCCCCCBr. The van der Waals surface area contributed by atoms with Crippen LogP contribution in [-0.4, -0.2) is 10.7 Å². The van der Waals surface area contributed by atoms with Crippen molar-refractivity contribution in [3.63, 3.8) is 0 Å². The van der Waals surface area contributed by atoms with Crippen molar-refractivity contribution in [1.29, 1.82) is 0 Å². The second-order valence-corrected chi connectivity index (χ2v) is 5.25. The second kappa shape index (κ2) is 11.8. The fourth-order valence-corrected chi connectivity index (χ4v) is 2.21. The molecule has 1 radical (unpaired) electrons. The van der Waals surface area contributed by atoms with Crippen LogP contribution in [0.1, 0.15) is 57.8 Å². The van der Waals surface area contributed by atoms with Crippen LogP contribution in [0, 0.1) is 6.92 Å². The highest BCUT2D eigenvalue weighted by atomic mass is 79.9. The number of unbranched alkanes of at least 4 members (excludes halogenated alkanes) is 5. The summed E-state index contributed by atoms with van der Waals surface area (Å²) >= 11 is 9.64. The highest BCUT2D eigenvalue weighted by molar-refractivity contribution is 9.09. The topological polar surface area (TPSA) is 0 Å². The molecule has 0 aliphatic rings. The minimum atomic E-state index is 0.408. The number of hydrogen-bond acceptors (Lipinski definition) is 0. The Morgan fingerprint density at radius 3 is 2.07 bits per heavy atom. The average Bonchev–Trinajstić information content (AvgIpc) is 2.18. The fourth-order valence-electron chi connectivity index (χ4n) is 1.50. The zero-order valence-corrected chi connectivity index (χ0v) is 11.5. The molecular formula is C12H23BrCl. The molecule has 0 saturated heterocycles. The molecule has 85 valence electrons. The van der Waals surface area contributed by atoms with Crippen LogP contribution >= 0.6 is 27.5 Å². The lowest BCUT2D eigenvalue weighted by atomic mass is 10.1. The van der Waals surface area contributed by atoms with E-state index in [0.29, 0.717) is 5.38 Å². The molecule has 14 heavy (non-hydrogen) atoms. The molecule has 0 bridgehead atoms. The Kier molecular flexibility index (Phi) is 12.5. The number of hydrogen-bond donors (Lipinski definition) is 0. The van der Waals surface area contributed by atoms with Gasteiger partial charge in [0.1, 0.15) is 0 Å². The summed E-state index contributed by atoms with van der Waals surface area (Å²) in [7, 11) is 0. The summed E-state index contributed by atoms with van der Waals surface area (Å²) in [6.45, 7) is 3.83. The largest absolute Gasteiger partial charge is 0.123 e. The molecule has 1 unspecified atom stereocenters. The molecule has 0 aromatic carbocycles. The van der Waals surface area contributed by atoms with Gasteiger partial charge in [-0.1, -0.05) is 61.4 Å². The normalized spacial score (nSPS) is 13.1. The lowest BCUT2D eigenvalue weighted by Gasteiger charge is -2.08. The van der Waals surface area contributed by atoms with E-state index in [4.69, 9.17) is 11.6 Å². The molecule has 0 heterocycles. The van der Waals surface area contributed by atoms with E-state index in [1.54, 1.807) is 0 Å². The first kappa shape index (κ1) is 14.8. The smallest absolute Gasteiger partial charge is 0.0336 e. The van der Waals surface area contributed by atoms with Gasteiger partial charge >= 0.3 is 0 Å². The Morgan fingerprint density at radius 1 is 0.929 bits per heavy atom. The predicted molar refractivity (Wildman–Crippen MR) is 70.3 cm³/mol. The molecule has 0 nitrogen and oxygen atoms in total. The Labute approximate surface area is 103 Å². The van der Waals surface area contributed by atoms with Crippen LogP contribution in [0.25, 0.3) is 0 Å². The van der Waals surface area contributed by atoms with Crippen molar-refractivity contribution in [3.8, 4) is 0 Å². The molecule has 0 spiro atoms. The number of halogens is 2. The molecule has 0 amide bonds. The second-order valence-electron chi connectivity index (χ2n) is 3.84. The van der Waals surface area contributed by atoms with Crippen LogP contribution in [0.15, 0.2) is 0 Å². The quantitative estimate of drug-likeness (QED) is 0.375. The summed E-state index contributed by atoms with van der Waals surface area (Å²) in [6.07, 6.45) is 11.2. The highest BCUT2D eigenvalue weighted by Gasteiger charge is 2.03. The molecule has 0 aromatic heterocycles. The maximum Gasteiger partial charge on any atom is 0.0336 e. The zero-order valence-electron chi connectivity index (χ0n) is 9.11. The third-order valence-electron chi connectivity index (χ3n) is 2.42. The molecule has 0 fully saturated rings. The molecule has 0 aromatic rings. The van der Waals surface area contributed by atoms with E-state index >= 15 is 0 Å². The van der Waals surface area contributed by atoms with Gasteiger partial charge in [0.05, 0.1) is 0 Å². The van der Waals surface area contributed by atoms with Gasteiger partial charge in [-0.3, -0.25) is 0 Å². The van der Waals surface area contributed by atoms with Crippen molar-refractivity contribution in [1.82, 2.24) is 0 Å². The molecule has 0 saturated carbocycles. The summed E-state index contributed by atoms with van der Waals surface area (Å²) < 4.78 is 0. The minimum absolute atomic E-state index is 0.408. The molecule has 0 aliphatic carbocycles. The molecule has 1 atom stereocenters. The van der Waals surface area contributed by atoms with E-state index in [0.717, 1.165) is 11.8 Å². The van der Waals surface area contributed by atoms with E-state index < -0.39 is 0 Å². The van der Waals surface area contributed by atoms with E-state index in [1.165, 1.54) is 51.4 Å². The molecule has 2 heteroatoms. The van der Waals surface area contributed by atoms with Gasteiger partial charge in [-0.25, -0.2) is 0 Å². The Balaban J connectivity index is 3.06. The van der Waals surface area contributed by atoms with Crippen molar-refractivity contribution >= 4 is 27.5 Å². The molecular weight excluding hydrogens is 259 g/mol. The van der Waals surface area contributed by atoms with E-state index in [2.05, 4.69) is 22.9 Å². The Morgan fingerprint density at radius 2 is 1.50 bits per heavy atom. The van der Waals surface area contributed by atoms with Gasteiger partial charge in [0.25, 0.3) is 0 Å². The predicted octanol–water partition coefficient (Wildman–Crippen LogP) is 5.33. The lowest BCUT2D eigenvalue weighted by Crippen LogP contribution is -1.98. The van der Waals surface area contributed by atoms with Crippen LogP contribution in [0.3, 0.4) is 0 Å². The number of rotatable bonds is 10. The maximum absolute atomic E-state index is 6.20. The van der Waals surface area contributed by atoms with Crippen molar-refractivity contribution in [2.75, 3.05) is 5.33 Å². The van der Waals surface area contributed by atoms with Gasteiger partial charge in [0.15, 0.2) is 0 Å². The summed E-state index contributed by atoms with van der Waals surface area (Å²) in [5.74, 6) is 0. The fraction of sp³-hybridized carbons (Fsp3) is 0.917. The first-order valence-electron chi connectivity index (χ1n) is 5.80. The third-order valence-corrected chi connectivity index (χ3v) is 3.42. The van der Waals surface area contributed by atoms with Gasteiger partial charge in [-0.15, -0.1) is 11.6 Å². The standard InChI is InChI=1S/C12H23BrCl/c1-2-3-6-9-12(14)10-7-4-5-8-11-13/h12H,1-11H2. The van der Waals surface area contributed by atoms with Gasteiger partial charge in [-0.05, 0) is 19.3 Å². The van der Waals surface area contributed by atoms with E-state index in [1.807, 2.05) is 0 Å². The van der Waals surface area contributed by atoms with Crippen LogP contribution in [0.5, 0.6) is 0 Å². The average molecular weight is 283 g/mol. The summed E-state index contributed by atoms with van der Waals surface area (Å²) in [6, 6.07) is 0. The summed E-state index contributed by atoms with van der Waals surface area (Å²) in [5.41, 5.74) is 0. The van der Waals surface area contributed by atoms with Gasteiger partial charge in [-0.2, -0.15) is 0 Å². The van der Waals surface area contributed by atoms with Crippen molar-refractivity contribution < 1.29 is 0 Å². The van der Waals surface area contributed by atoms with Crippen molar-refractivity contribution in [3.05, 3.63) is 6.92 Å². The minimum Gasteiger partial charge on any atom is -0.123 e.